The number of aliphatic hydroxyl groups excluding tert-OH is 1. The SMILES string of the molecule is CC(C)=Cc1cc(-c2ccc(CCNC[C@H](O)c3ccccc3)cc2)ccc1C(=O)O. The zero-order valence-electron chi connectivity index (χ0n) is 18.0. The predicted octanol–water partition coefficient (Wildman–Crippen LogP) is 5.34. The van der Waals surface area contributed by atoms with E-state index in [1.807, 2.05) is 62.4 Å². The smallest absolute Gasteiger partial charge is 0.336 e. The Kier molecular flexibility index (Phi) is 7.76. The number of benzene rings is 3. The van der Waals surface area contributed by atoms with E-state index in [1.165, 1.54) is 5.56 Å². The Labute approximate surface area is 183 Å². The Bertz CT molecular complexity index is 1040. The van der Waals surface area contributed by atoms with E-state index in [4.69, 9.17) is 0 Å². The Morgan fingerprint density at radius 2 is 1.65 bits per heavy atom. The van der Waals surface area contributed by atoms with Gasteiger partial charge in [-0.3, -0.25) is 0 Å². The third-order valence-corrected chi connectivity index (χ3v) is 5.13. The summed E-state index contributed by atoms with van der Waals surface area (Å²) in [7, 11) is 0. The van der Waals surface area contributed by atoms with Crippen LogP contribution in [0.2, 0.25) is 0 Å². The highest BCUT2D eigenvalue weighted by atomic mass is 16.4. The second-order valence-electron chi connectivity index (χ2n) is 7.91. The van der Waals surface area contributed by atoms with Crippen molar-refractivity contribution < 1.29 is 15.0 Å². The highest BCUT2D eigenvalue weighted by molar-refractivity contribution is 5.93. The van der Waals surface area contributed by atoms with Gasteiger partial charge in [0, 0.05) is 6.54 Å². The quantitative estimate of drug-likeness (QED) is 0.413. The van der Waals surface area contributed by atoms with E-state index in [2.05, 4.69) is 29.6 Å². The van der Waals surface area contributed by atoms with Crippen LogP contribution in [0.5, 0.6) is 0 Å². The summed E-state index contributed by atoms with van der Waals surface area (Å²) in [5.41, 5.74) is 6.25. The number of allylic oxidation sites excluding steroid dienone is 1. The first kappa shape index (κ1) is 22.5. The third kappa shape index (κ3) is 6.38. The van der Waals surface area contributed by atoms with Crippen LogP contribution in [0.4, 0.5) is 0 Å². The van der Waals surface area contributed by atoms with Crippen LogP contribution in [0.1, 0.15) is 47.0 Å². The van der Waals surface area contributed by atoms with Crippen molar-refractivity contribution in [3.05, 3.63) is 101 Å². The van der Waals surface area contributed by atoms with Crippen LogP contribution < -0.4 is 5.32 Å². The maximum Gasteiger partial charge on any atom is 0.336 e. The molecule has 0 fully saturated rings. The Morgan fingerprint density at radius 3 is 2.29 bits per heavy atom. The van der Waals surface area contributed by atoms with Crippen molar-refractivity contribution in [1.29, 1.82) is 0 Å². The number of carbonyl (C=O) groups is 1. The van der Waals surface area contributed by atoms with E-state index in [0.29, 0.717) is 12.1 Å². The molecule has 0 radical (unpaired) electrons. The zero-order valence-corrected chi connectivity index (χ0v) is 18.0. The van der Waals surface area contributed by atoms with E-state index in [1.54, 1.807) is 6.07 Å². The molecule has 0 bridgehead atoms. The standard InChI is InChI=1S/C27H29NO3/c1-19(2)16-24-17-23(12-13-25(24)27(30)31)21-10-8-20(9-11-21)14-15-28-18-26(29)22-6-4-3-5-7-22/h3-13,16-17,26,28-29H,14-15,18H2,1-2H3,(H,30,31)/t26-/m0/s1. The van der Waals surface area contributed by atoms with Crippen molar-refractivity contribution >= 4 is 12.0 Å². The van der Waals surface area contributed by atoms with Gasteiger partial charge in [0.1, 0.15) is 0 Å². The van der Waals surface area contributed by atoms with Gasteiger partial charge in [-0.2, -0.15) is 0 Å². The summed E-state index contributed by atoms with van der Waals surface area (Å²) in [5, 5.41) is 22.9. The Balaban J connectivity index is 1.60. The molecule has 0 spiro atoms. The second kappa shape index (κ2) is 10.7. The van der Waals surface area contributed by atoms with Gasteiger partial charge in [0.05, 0.1) is 11.7 Å². The van der Waals surface area contributed by atoms with Gasteiger partial charge in [-0.25, -0.2) is 4.79 Å². The lowest BCUT2D eigenvalue weighted by atomic mass is 9.97. The number of aliphatic hydroxyl groups is 1. The fourth-order valence-electron chi connectivity index (χ4n) is 3.50. The van der Waals surface area contributed by atoms with Gasteiger partial charge >= 0.3 is 5.97 Å². The molecule has 0 saturated carbocycles. The zero-order chi connectivity index (χ0) is 22.2. The third-order valence-electron chi connectivity index (χ3n) is 5.13. The number of carboxylic acid groups (broad SMARTS) is 1. The van der Waals surface area contributed by atoms with Crippen molar-refractivity contribution in [2.24, 2.45) is 0 Å². The Hall–Kier alpha value is -3.21. The average Bonchev–Trinajstić information content (AvgIpc) is 2.77. The van der Waals surface area contributed by atoms with Gasteiger partial charge in [0.25, 0.3) is 0 Å². The lowest BCUT2D eigenvalue weighted by Gasteiger charge is -2.12. The molecule has 31 heavy (non-hydrogen) atoms. The molecule has 0 aliphatic rings. The number of nitrogens with one attached hydrogen (secondary N) is 1. The summed E-state index contributed by atoms with van der Waals surface area (Å²) in [4.78, 5) is 11.5. The summed E-state index contributed by atoms with van der Waals surface area (Å²) in [6.07, 6.45) is 2.26. The fourth-order valence-corrected chi connectivity index (χ4v) is 3.50. The minimum Gasteiger partial charge on any atom is -0.478 e. The minimum absolute atomic E-state index is 0.310. The van der Waals surface area contributed by atoms with Crippen molar-refractivity contribution in [1.82, 2.24) is 5.32 Å². The topological polar surface area (TPSA) is 69.6 Å². The van der Waals surface area contributed by atoms with Gasteiger partial charge in [-0.05, 0) is 66.8 Å². The van der Waals surface area contributed by atoms with Crippen molar-refractivity contribution in [3.8, 4) is 11.1 Å². The minimum atomic E-state index is -0.917. The van der Waals surface area contributed by atoms with E-state index in [-0.39, 0.29) is 0 Å². The molecular weight excluding hydrogens is 386 g/mol. The molecular formula is C27H29NO3. The second-order valence-corrected chi connectivity index (χ2v) is 7.91. The van der Waals surface area contributed by atoms with Crippen molar-refractivity contribution in [3.63, 3.8) is 0 Å². The molecule has 0 aromatic heterocycles. The van der Waals surface area contributed by atoms with Crippen LogP contribution in [0.15, 0.2) is 78.4 Å². The van der Waals surface area contributed by atoms with E-state index < -0.39 is 12.1 Å². The largest absolute Gasteiger partial charge is 0.478 e. The summed E-state index contributed by atoms with van der Waals surface area (Å²) in [6, 6.07) is 23.4. The number of rotatable bonds is 9. The maximum atomic E-state index is 11.5. The van der Waals surface area contributed by atoms with E-state index in [9.17, 15) is 15.0 Å². The molecule has 3 aromatic carbocycles. The molecule has 0 aliphatic heterocycles. The molecule has 0 heterocycles. The van der Waals surface area contributed by atoms with E-state index >= 15 is 0 Å². The molecule has 1 atom stereocenters. The molecule has 3 N–H and O–H groups in total. The molecule has 160 valence electrons. The van der Waals surface area contributed by atoms with Crippen molar-refractivity contribution in [2.75, 3.05) is 13.1 Å². The predicted molar refractivity (Wildman–Crippen MR) is 126 cm³/mol. The first-order chi connectivity index (χ1) is 14.9. The Morgan fingerprint density at radius 1 is 0.968 bits per heavy atom. The number of aromatic carboxylic acids is 1. The highest BCUT2D eigenvalue weighted by Gasteiger charge is 2.10. The maximum absolute atomic E-state index is 11.5. The lowest BCUT2D eigenvalue weighted by molar-refractivity contribution is 0.0696. The molecule has 0 amide bonds. The molecule has 0 unspecified atom stereocenters. The van der Waals surface area contributed by atoms with Gasteiger partial charge in [0.15, 0.2) is 0 Å². The summed E-state index contributed by atoms with van der Waals surface area (Å²) in [6.45, 7) is 5.21. The van der Waals surface area contributed by atoms with Crippen LogP contribution >= 0.6 is 0 Å². The van der Waals surface area contributed by atoms with Gasteiger partial charge in [-0.15, -0.1) is 0 Å². The van der Waals surface area contributed by atoms with Crippen LogP contribution in [0, 0.1) is 0 Å². The first-order valence-electron chi connectivity index (χ1n) is 10.5. The normalized spacial score (nSPS) is 11.7. The molecule has 4 heteroatoms. The van der Waals surface area contributed by atoms with Gasteiger partial charge in [-0.1, -0.05) is 72.3 Å². The van der Waals surface area contributed by atoms with Crippen LogP contribution in [0.3, 0.4) is 0 Å². The molecule has 0 aliphatic carbocycles. The summed E-state index contributed by atoms with van der Waals surface area (Å²) >= 11 is 0. The number of hydrogen-bond donors (Lipinski definition) is 3. The number of carboxylic acids is 1. The highest BCUT2D eigenvalue weighted by Crippen LogP contribution is 2.25. The molecule has 3 aromatic rings. The molecule has 4 nitrogen and oxygen atoms in total. The first-order valence-corrected chi connectivity index (χ1v) is 10.5. The summed E-state index contributed by atoms with van der Waals surface area (Å²) < 4.78 is 0. The number of hydrogen-bond acceptors (Lipinski definition) is 3. The van der Waals surface area contributed by atoms with Gasteiger partial charge < -0.3 is 15.5 Å². The van der Waals surface area contributed by atoms with Crippen LogP contribution in [0.25, 0.3) is 17.2 Å². The van der Waals surface area contributed by atoms with Gasteiger partial charge in [0.2, 0.25) is 0 Å². The monoisotopic (exact) mass is 415 g/mol. The van der Waals surface area contributed by atoms with E-state index in [0.717, 1.165) is 40.8 Å². The van der Waals surface area contributed by atoms with Crippen molar-refractivity contribution in [2.45, 2.75) is 26.4 Å². The molecule has 3 rings (SSSR count). The molecule has 0 saturated heterocycles. The lowest BCUT2D eigenvalue weighted by Crippen LogP contribution is -2.23. The van der Waals surface area contributed by atoms with Crippen LogP contribution in [-0.2, 0) is 6.42 Å². The van der Waals surface area contributed by atoms with Crippen LogP contribution in [-0.4, -0.2) is 29.3 Å². The fraction of sp³-hybridized carbons (Fsp3) is 0.222. The average molecular weight is 416 g/mol. The summed E-state index contributed by atoms with van der Waals surface area (Å²) in [5.74, 6) is -0.917.